The minimum absolute atomic E-state index is 0.111. The summed E-state index contributed by atoms with van der Waals surface area (Å²) in [4.78, 5) is 19.2. The zero-order chi connectivity index (χ0) is 10.4. The number of primary amides is 1. The maximum Gasteiger partial charge on any atom is 0.245 e. The van der Waals surface area contributed by atoms with E-state index in [0.717, 1.165) is 12.2 Å². The zero-order valence-electron chi connectivity index (χ0n) is 8.06. The molecule has 78 valence electrons. The van der Waals surface area contributed by atoms with Crippen molar-refractivity contribution in [2.45, 2.75) is 6.42 Å². The average molecular weight is 198 g/mol. The minimum atomic E-state index is -0.491. The van der Waals surface area contributed by atoms with Crippen LogP contribution in [-0.2, 0) is 23.1 Å². The van der Waals surface area contributed by atoms with Gasteiger partial charge in [-0.1, -0.05) is 0 Å². The van der Waals surface area contributed by atoms with Crippen molar-refractivity contribution in [1.82, 2.24) is 15.0 Å². The molecule has 1 rings (SSSR count). The monoisotopic (exact) mass is 198 g/mol. The van der Waals surface area contributed by atoms with Crippen molar-refractivity contribution in [2.75, 3.05) is 13.2 Å². The van der Waals surface area contributed by atoms with Gasteiger partial charge in [0.05, 0.1) is 0 Å². The number of rotatable bonds is 6. The number of aryl methyl sites for hydroxylation is 1. The van der Waals surface area contributed by atoms with Crippen LogP contribution in [0.1, 0.15) is 5.82 Å². The van der Waals surface area contributed by atoms with Crippen LogP contribution in [0.15, 0.2) is 12.4 Å². The molecule has 1 aromatic heterocycles. The lowest BCUT2D eigenvalue weighted by molar-refractivity contribution is -0.125. The van der Waals surface area contributed by atoms with E-state index in [9.17, 15) is 4.79 Å². The van der Waals surface area contributed by atoms with Crippen LogP contribution >= 0.6 is 0 Å². The van der Waals surface area contributed by atoms with E-state index in [-0.39, 0.29) is 6.61 Å². The Morgan fingerprint density at radius 1 is 1.79 bits per heavy atom. The number of carbonyl (C=O) groups excluding carboxylic acids is 1. The Balaban J connectivity index is 2.10. The zero-order valence-corrected chi connectivity index (χ0v) is 8.06. The highest BCUT2D eigenvalue weighted by molar-refractivity contribution is 5.74. The molecule has 1 amide bonds. The molecular weight excluding hydrogens is 184 g/mol. The van der Waals surface area contributed by atoms with Crippen LogP contribution in [0.3, 0.4) is 0 Å². The molecule has 0 saturated heterocycles. The number of hydrogen-bond donors (Lipinski definition) is 2. The third-order valence-corrected chi connectivity index (χ3v) is 1.69. The van der Waals surface area contributed by atoms with Crippen molar-refractivity contribution in [3.63, 3.8) is 0 Å². The van der Waals surface area contributed by atoms with Gasteiger partial charge < -0.3 is 10.3 Å². The summed E-state index contributed by atoms with van der Waals surface area (Å²) in [5.41, 5.74) is 7.50. The van der Waals surface area contributed by atoms with Crippen molar-refractivity contribution >= 4 is 5.91 Å². The molecule has 1 heterocycles. The summed E-state index contributed by atoms with van der Waals surface area (Å²) >= 11 is 0. The normalized spacial score (nSPS) is 10.4. The number of aromatic nitrogens is 2. The molecule has 0 aliphatic heterocycles. The molecule has 0 radical (unpaired) electrons. The molecule has 6 heteroatoms. The van der Waals surface area contributed by atoms with Gasteiger partial charge in [0.1, 0.15) is 12.4 Å². The first-order valence-electron chi connectivity index (χ1n) is 4.29. The van der Waals surface area contributed by atoms with E-state index >= 15 is 0 Å². The lowest BCUT2D eigenvalue weighted by Gasteiger charge is -2.03. The van der Waals surface area contributed by atoms with Gasteiger partial charge in [0.2, 0.25) is 5.91 Å². The van der Waals surface area contributed by atoms with Gasteiger partial charge in [-0.25, -0.2) is 10.5 Å². The average Bonchev–Trinajstić information content (AvgIpc) is 2.51. The number of hydroxylamine groups is 1. The van der Waals surface area contributed by atoms with Gasteiger partial charge in [-0.05, 0) is 0 Å². The molecular formula is C8H14N4O2. The number of nitrogens with zero attached hydrogens (tertiary/aromatic N) is 2. The summed E-state index contributed by atoms with van der Waals surface area (Å²) < 4.78 is 1.93. The van der Waals surface area contributed by atoms with Crippen molar-refractivity contribution < 1.29 is 9.63 Å². The van der Waals surface area contributed by atoms with E-state index in [0.29, 0.717) is 6.54 Å². The molecule has 14 heavy (non-hydrogen) atoms. The van der Waals surface area contributed by atoms with Crippen LogP contribution in [0, 0.1) is 0 Å². The first-order chi connectivity index (χ1) is 6.70. The molecule has 0 saturated carbocycles. The van der Waals surface area contributed by atoms with E-state index < -0.39 is 5.91 Å². The van der Waals surface area contributed by atoms with Gasteiger partial charge in [-0.15, -0.1) is 0 Å². The van der Waals surface area contributed by atoms with Gasteiger partial charge in [0.25, 0.3) is 0 Å². The lowest BCUT2D eigenvalue weighted by Crippen LogP contribution is -2.26. The van der Waals surface area contributed by atoms with Crippen molar-refractivity contribution in [1.29, 1.82) is 0 Å². The molecule has 3 N–H and O–H groups in total. The largest absolute Gasteiger partial charge is 0.368 e. The maximum atomic E-state index is 10.3. The third-order valence-electron chi connectivity index (χ3n) is 1.69. The van der Waals surface area contributed by atoms with Gasteiger partial charge in [-0.3, -0.25) is 9.63 Å². The predicted octanol–water partition coefficient (Wildman–Crippen LogP) is -1.03. The van der Waals surface area contributed by atoms with Crippen LogP contribution < -0.4 is 11.2 Å². The smallest absolute Gasteiger partial charge is 0.245 e. The Morgan fingerprint density at radius 3 is 3.14 bits per heavy atom. The second-order valence-corrected chi connectivity index (χ2v) is 2.85. The number of amides is 1. The minimum Gasteiger partial charge on any atom is -0.368 e. The molecule has 0 aliphatic carbocycles. The SMILES string of the molecule is Cn1ccnc1CCNOCC(N)=O. The Hall–Kier alpha value is -1.40. The van der Waals surface area contributed by atoms with E-state index in [2.05, 4.69) is 10.5 Å². The second kappa shape index (κ2) is 5.36. The lowest BCUT2D eigenvalue weighted by atomic mass is 10.4. The highest BCUT2D eigenvalue weighted by atomic mass is 16.6. The van der Waals surface area contributed by atoms with Crippen molar-refractivity contribution in [3.8, 4) is 0 Å². The van der Waals surface area contributed by atoms with Gasteiger partial charge >= 0.3 is 0 Å². The van der Waals surface area contributed by atoms with Crippen molar-refractivity contribution in [3.05, 3.63) is 18.2 Å². The number of nitrogens with two attached hydrogens (primary N) is 1. The molecule has 0 fully saturated rings. The standard InChI is InChI=1S/C8H14N4O2/c1-12-5-4-10-8(12)2-3-11-14-6-7(9)13/h4-5,11H,2-3,6H2,1H3,(H2,9,13). The summed E-state index contributed by atoms with van der Waals surface area (Å²) in [7, 11) is 1.92. The van der Waals surface area contributed by atoms with Gasteiger partial charge in [0, 0.05) is 32.4 Å². The third kappa shape index (κ3) is 3.55. The molecule has 0 unspecified atom stereocenters. The van der Waals surface area contributed by atoms with E-state index in [1.54, 1.807) is 6.20 Å². The van der Waals surface area contributed by atoms with Gasteiger partial charge in [-0.2, -0.15) is 0 Å². The Bertz CT molecular complexity index is 297. The molecule has 1 aromatic rings. The fraction of sp³-hybridized carbons (Fsp3) is 0.500. The number of hydrogen-bond acceptors (Lipinski definition) is 4. The molecule has 6 nitrogen and oxygen atoms in total. The predicted molar refractivity (Wildman–Crippen MR) is 50.1 cm³/mol. The number of carbonyl (C=O) groups is 1. The first kappa shape index (κ1) is 10.7. The fourth-order valence-electron chi connectivity index (χ4n) is 0.995. The summed E-state index contributed by atoms with van der Waals surface area (Å²) in [6.07, 6.45) is 4.35. The molecule has 0 atom stereocenters. The van der Waals surface area contributed by atoms with E-state index in [1.807, 2.05) is 17.8 Å². The molecule has 0 aromatic carbocycles. The van der Waals surface area contributed by atoms with Crippen LogP contribution in [-0.4, -0.2) is 28.6 Å². The summed E-state index contributed by atoms with van der Waals surface area (Å²) in [5, 5.41) is 0. The first-order valence-corrected chi connectivity index (χ1v) is 4.29. The quantitative estimate of drug-likeness (QED) is 0.452. The highest BCUT2D eigenvalue weighted by Gasteiger charge is 1.98. The Labute approximate surface area is 82.0 Å². The van der Waals surface area contributed by atoms with Crippen LogP contribution in [0.4, 0.5) is 0 Å². The molecule has 0 spiro atoms. The molecule has 0 bridgehead atoms. The van der Waals surface area contributed by atoms with E-state index in [1.165, 1.54) is 0 Å². The van der Waals surface area contributed by atoms with Crippen LogP contribution in [0.2, 0.25) is 0 Å². The number of imidazole rings is 1. The highest BCUT2D eigenvalue weighted by Crippen LogP contribution is 1.93. The molecule has 0 aliphatic rings. The van der Waals surface area contributed by atoms with E-state index in [4.69, 9.17) is 10.6 Å². The van der Waals surface area contributed by atoms with Crippen molar-refractivity contribution in [2.24, 2.45) is 12.8 Å². The Kier molecular flexibility index (Phi) is 4.09. The van der Waals surface area contributed by atoms with Crippen LogP contribution in [0.25, 0.3) is 0 Å². The van der Waals surface area contributed by atoms with Crippen LogP contribution in [0.5, 0.6) is 0 Å². The Morgan fingerprint density at radius 2 is 2.57 bits per heavy atom. The number of nitrogens with one attached hydrogen (secondary N) is 1. The maximum absolute atomic E-state index is 10.3. The fourth-order valence-corrected chi connectivity index (χ4v) is 0.995. The summed E-state index contributed by atoms with van der Waals surface area (Å²) in [6.45, 7) is 0.485. The summed E-state index contributed by atoms with van der Waals surface area (Å²) in [5.74, 6) is 0.467. The van der Waals surface area contributed by atoms with Gasteiger partial charge in [0.15, 0.2) is 0 Å². The second-order valence-electron chi connectivity index (χ2n) is 2.85. The summed E-state index contributed by atoms with van der Waals surface area (Å²) in [6, 6.07) is 0. The topological polar surface area (TPSA) is 82.2 Å².